The molecule has 30 heteroatoms. The number of nitrogens with zero attached hydrogens (tertiary/aromatic N) is 13. The number of hydrogen-bond acceptors (Lipinski definition) is 21. The van der Waals surface area contributed by atoms with E-state index in [9.17, 15) is 32.5 Å². The van der Waals surface area contributed by atoms with Crippen molar-refractivity contribution in [1.29, 1.82) is 5.26 Å². The van der Waals surface area contributed by atoms with E-state index in [2.05, 4.69) is 91.1 Å². The largest absolute Gasteiger partial charge is 0.497 e. The number of fused-ring (bicyclic) bond motifs is 6. The number of imidazole rings is 2. The predicted octanol–water partition coefficient (Wildman–Crippen LogP) is 12.2. The zero-order valence-electron chi connectivity index (χ0n) is 60.5. The maximum atomic E-state index is 14.3. The zero-order chi connectivity index (χ0) is 77.0. The van der Waals surface area contributed by atoms with Crippen molar-refractivity contribution in [1.82, 2.24) is 68.2 Å². The number of ketones is 1. The number of aryl methyl sites for hydroxylation is 1. The fourth-order valence-corrected chi connectivity index (χ4v) is 16.0. The number of ether oxygens (including phenoxy) is 5. The van der Waals surface area contributed by atoms with Crippen LogP contribution in [-0.4, -0.2) is 135 Å². The molecule has 7 aromatic carbocycles. The number of halogens is 2. The van der Waals surface area contributed by atoms with Crippen molar-refractivity contribution >= 4 is 72.4 Å². The summed E-state index contributed by atoms with van der Waals surface area (Å²) in [7, 11) is -2.13. The lowest BCUT2D eigenvalue weighted by Crippen LogP contribution is -2.46. The lowest BCUT2D eigenvalue weighted by Gasteiger charge is -2.42. The summed E-state index contributed by atoms with van der Waals surface area (Å²) in [6.45, 7) is 10.6. The molecule has 4 aliphatic heterocycles. The van der Waals surface area contributed by atoms with E-state index in [1.54, 1.807) is 44.5 Å². The fraction of sp³-hybridized carbons (Fsp3) is 0.237. The standard InChI is InChI=1S/C24H22ClFN6O5S.C20H19NO4.C19H21N5O.C17H13N5/c25-17-2-1-3-18(26)16(17)13-32-23-21(29-30-32)24(33)28-22(27-23)14-6-8-31(9-7-14)38(34,35)15-4-5-19-20(12-15)37-11-10-36-19;1-12-20(13(2)22)18-11-17(25-14(3)23)9-10-19(18)21(12)15-5-7-16(24-4)8-6-15;1-13-22-16-18(23-13)25-17(21)15(11-20)19(16)7-9-24(10-8-19)12-14-5-3-2-4-6-14;18-17-19-10-9-14(21-17)12-5-7-13(8-6-12)22-11-20-15-3-1-2-4-16(15)22/h1-5,12,14H,6-11,13H2,(H,27,28,33);5-11H,1-4H3;2-6H,7-10,12,21H2,1H3,(H,22,23);1-11H,(H2,18,19,21). The minimum absolute atomic E-state index is 0.0276. The third-order valence-electron chi connectivity index (χ3n) is 19.7. The van der Waals surface area contributed by atoms with Crippen LogP contribution in [0.2, 0.25) is 5.02 Å². The van der Waals surface area contributed by atoms with Crippen molar-refractivity contribution in [3.05, 3.63) is 249 Å². The van der Waals surface area contributed by atoms with Gasteiger partial charge in [-0.1, -0.05) is 77.5 Å². The van der Waals surface area contributed by atoms with Gasteiger partial charge < -0.3 is 49.7 Å². The molecule has 2 fully saturated rings. The summed E-state index contributed by atoms with van der Waals surface area (Å²) in [6.07, 6.45) is 6.03. The lowest BCUT2D eigenvalue weighted by molar-refractivity contribution is -0.131. The Hall–Kier alpha value is -12.6. The van der Waals surface area contributed by atoms with E-state index in [1.165, 1.54) is 45.7 Å². The van der Waals surface area contributed by atoms with Crippen LogP contribution in [0.25, 0.3) is 55.7 Å². The smallest absolute Gasteiger partial charge is 0.308 e. The average Bonchev–Trinajstić information content (AvgIpc) is 1.34. The van der Waals surface area contributed by atoms with Crippen LogP contribution < -0.4 is 40.7 Å². The van der Waals surface area contributed by atoms with Gasteiger partial charge in [-0.05, 0) is 162 Å². The molecule has 560 valence electrons. The summed E-state index contributed by atoms with van der Waals surface area (Å²) in [4.78, 5) is 66.3. The second-order valence-electron chi connectivity index (χ2n) is 26.6. The number of nitriles is 1. The van der Waals surface area contributed by atoms with Gasteiger partial charge in [0.15, 0.2) is 28.4 Å². The number of nitrogens with two attached hydrogens (primary N) is 2. The van der Waals surface area contributed by atoms with Crippen LogP contribution in [0.15, 0.2) is 197 Å². The number of H-pyrrole nitrogens is 2. The van der Waals surface area contributed by atoms with Crippen LogP contribution in [0.1, 0.15) is 90.0 Å². The summed E-state index contributed by atoms with van der Waals surface area (Å²) in [5.41, 5.74) is 22.2. The monoisotopic (exact) mass is 1520 g/mol. The Balaban J connectivity index is 0.000000125. The van der Waals surface area contributed by atoms with E-state index in [4.69, 9.17) is 46.8 Å². The van der Waals surface area contributed by atoms with Crippen molar-refractivity contribution in [3.8, 4) is 57.6 Å². The quantitative estimate of drug-likeness (QED) is 0.0473. The normalized spacial score (nSPS) is 14.8. The van der Waals surface area contributed by atoms with E-state index in [-0.39, 0.29) is 69.8 Å². The second kappa shape index (κ2) is 31.7. The second-order valence-corrected chi connectivity index (χ2v) is 29.0. The number of methoxy groups -OCH3 is 1. The maximum absolute atomic E-state index is 14.3. The fourth-order valence-electron chi connectivity index (χ4n) is 14.3. The average molecular weight is 1520 g/mol. The zero-order valence-corrected chi connectivity index (χ0v) is 62.1. The first-order valence-corrected chi connectivity index (χ1v) is 37.2. The highest BCUT2D eigenvalue weighted by atomic mass is 35.5. The van der Waals surface area contributed by atoms with E-state index < -0.39 is 32.8 Å². The molecule has 110 heavy (non-hydrogen) atoms. The van der Waals surface area contributed by atoms with Crippen molar-refractivity contribution < 1.29 is 46.1 Å². The molecule has 10 heterocycles. The molecule has 0 radical (unpaired) electrons. The molecule has 27 nitrogen and oxygen atoms in total. The number of rotatable bonds is 13. The molecule has 0 unspecified atom stereocenters. The molecule has 2 saturated heterocycles. The van der Waals surface area contributed by atoms with Gasteiger partial charge in [-0.2, -0.15) is 14.6 Å². The summed E-state index contributed by atoms with van der Waals surface area (Å²) in [5.74, 6) is 3.17. The minimum Gasteiger partial charge on any atom is -0.497 e. The maximum Gasteiger partial charge on any atom is 0.308 e. The van der Waals surface area contributed by atoms with Crippen LogP contribution in [0, 0.1) is 31.0 Å². The number of esters is 1. The highest BCUT2D eigenvalue weighted by Gasteiger charge is 2.48. The third-order valence-corrected chi connectivity index (χ3v) is 22.0. The summed E-state index contributed by atoms with van der Waals surface area (Å²) in [6, 6.07) is 52.7. The van der Waals surface area contributed by atoms with E-state index in [0.29, 0.717) is 66.1 Å². The number of likely N-dealkylation sites (tertiary alicyclic amines) is 1. The number of carbonyl (C=O) groups excluding carboxylic acids is 2. The lowest BCUT2D eigenvalue weighted by atomic mass is 9.69. The summed E-state index contributed by atoms with van der Waals surface area (Å²) < 4.78 is 74.7. The first-order valence-electron chi connectivity index (χ1n) is 35.3. The van der Waals surface area contributed by atoms with Crippen LogP contribution >= 0.6 is 11.6 Å². The van der Waals surface area contributed by atoms with E-state index >= 15 is 0 Å². The number of hydrogen-bond donors (Lipinski definition) is 4. The Labute approximate surface area is 635 Å². The van der Waals surface area contributed by atoms with Gasteiger partial charge in [-0.15, -0.1) is 5.10 Å². The Morgan fingerprint density at radius 3 is 2.20 bits per heavy atom. The molecule has 17 rings (SSSR count). The van der Waals surface area contributed by atoms with Crippen molar-refractivity contribution in [2.45, 2.75) is 82.7 Å². The highest BCUT2D eigenvalue weighted by molar-refractivity contribution is 7.89. The van der Waals surface area contributed by atoms with Gasteiger partial charge in [0, 0.05) is 88.9 Å². The molecule has 1 spiro atoms. The van der Waals surface area contributed by atoms with Gasteiger partial charge in [-0.25, -0.2) is 37.4 Å². The van der Waals surface area contributed by atoms with Gasteiger partial charge in [0.25, 0.3) is 5.56 Å². The van der Waals surface area contributed by atoms with Crippen LogP contribution in [0.5, 0.6) is 28.9 Å². The van der Waals surface area contributed by atoms with E-state index in [0.717, 1.165) is 100 Å². The molecular formula is C80H75ClFN17O10S. The number of carbonyl (C=O) groups is 2. The number of allylic oxidation sites excluding steroid dienone is 1. The Bertz CT molecular complexity index is 5860. The van der Waals surface area contributed by atoms with Crippen molar-refractivity contribution in [2.75, 3.05) is 52.2 Å². The van der Waals surface area contributed by atoms with Crippen LogP contribution in [0.4, 0.5) is 10.3 Å². The van der Waals surface area contributed by atoms with Gasteiger partial charge in [0.2, 0.25) is 27.7 Å². The number of aromatic nitrogens is 12. The number of sulfonamides is 1. The molecule has 0 atom stereocenters. The number of piperidine rings is 2. The van der Waals surface area contributed by atoms with Crippen LogP contribution in [-0.2, 0) is 33.3 Å². The number of nitrogens with one attached hydrogen (secondary N) is 2. The molecular weight excluding hydrogens is 1450 g/mol. The van der Waals surface area contributed by atoms with Crippen molar-refractivity contribution in [2.24, 2.45) is 5.73 Å². The molecule has 4 aliphatic rings. The molecule has 0 saturated carbocycles. The van der Waals surface area contributed by atoms with Crippen LogP contribution in [0.3, 0.4) is 0 Å². The molecule has 0 bridgehead atoms. The Morgan fingerprint density at radius 2 is 1.49 bits per heavy atom. The van der Waals surface area contributed by atoms with Gasteiger partial charge in [0.1, 0.15) is 60.1 Å². The number of Topliss-reactive ketones (excluding diaryl/α,β-unsaturated/α-hetero) is 1. The minimum atomic E-state index is -3.75. The predicted molar refractivity (Wildman–Crippen MR) is 410 cm³/mol. The molecule has 6 aromatic heterocycles. The number of nitrogen functional groups attached to an aromatic ring is 1. The summed E-state index contributed by atoms with van der Waals surface area (Å²) in [5, 5.41) is 18.6. The summed E-state index contributed by atoms with van der Waals surface area (Å²) >= 11 is 6.15. The molecule has 6 N–H and O–H groups in total. The first kappa shape index (κ1) is 74.2. The topological polar surface area (TPSA) is 350 Å². The highest BCUT2D eigenvalue weighted by Crippen LogP contribution is 2.48. The number of anilines is 1. The number of aromatic amines is 2. The Morgan fingerprint density at radius 1 is 0.773 bits per heavy atom. The number of para-hydroxylation sites is 2. The van der Waals surface area contributed by atoms with Gasteiger partial charge in [0.05, 0.1) is 51.9 Å². The van der Waals surface area contributed by atoms with E-state index in [1.807, 2.05) is 110 Å². The van der Waals surface area contributed by atoms with Crippen molar-refractivity contribution in [3.63, 3.8) is 0 Å². The third kappa shape index (κ3) is 15.3. The Kier molecular flexibility index (Phi) is 21.4. The first-order chi connectivity index (χ1) is 53.2. The SMILES string of the molecule is COc1ccc(-n2c(C)c(C(C)=O)c3cc(OC(C)=O)ccc32)cc1.Cc1nc2c([nH]1)C1(CCN(Cc3ccccc3)CC1)C(C#N)=C(N)O2.Nc1nccc(-c2ccc(-n3cnc4ccccc43)cc2)n1.O=c1[nH]c(C2CCN(S(=O)(=O)c3ccc4c(c3)OCCO4)CC2)nc2c1nnn2Cc1c(F)cccc1Cl. The molecule has 13 aromatic rings. The number of benzene rings is 7. The van der Waals surface area contributed by atoms with Gasteiger partial charge >= 0.3 is 5.97 Å². The molecule has 0 aliphatic carbocycles. The van der Waals surface area contributed by atoms with Gasteiger partial charge in [-0.3, -0.25) is 23.9 Å². The molecule has 0 amide bonds.